The van der Waals surface area contributed by atoms with Crippen LogP contribution in [0.2, 0.25) is 10.0 Å². The molecule has 0 amide bonds. The summed E-state index contributed by atoms with van der Waals surface area (Å²) in [5, 5.41) is 4.37. The molecule has 0 aliphatic carbocycles. The Bertz CT molecular complexity index is 564. The second kappa shape index (κ2) is 7.43. The van der Waals surface area contributed by atoms with Gasteiger partial charge in [0.25, 0.3) is 0 Å². The van der Waals surface area contributed by atoms with Gasteiger partial charge in [-0.25, -0.2) is 0 Å². The molecule has 5 heteroatoms. The van der Waals surface area contributed by atoms with Crippen molar-refractivity contribution >= 4 is 40.3 Å². The predicted molar refractivity (Wildman–Crippen MR) is 93.7 cm³/mol. The van der Waals surface area contributed by atoms with Crippen LogP contribution in [0, 0.1) is 0 Å². The number of nitrogens with zero attached hydrogens (tertiary/aromatic N) is 1. The Labute approximate surface area is 135 Å². The molecule has 21 heavy (non-hydrogen) atoms. The summed E-state index contributed by atoms with van der Waals surface area (Å²) in [4.78, 5) is 2.22. The molecule has 0 aliphatic heterocycles. The van der Waals surface area contributed by atoms with E-state index in [4.69, 9.17) is 28.9 Å². The van der Waals surface area contributed by atoms with Crippen molar-refractivity contribution in [1.29, 1.82) is 0 Å². The fourth-order valence-electron chi connectivity index (χ4n) is 2.10. The van der Waals surface area contributed by atoms with Gasteiger partial charge in [-0.15, -0.1) is 0 Å². The van der Waals surface area contributed by atoms with Crippen molar-refractivity contribution in [1.82, 2.24) is 0 Å². The molecule has 112 valence electrons. The molecule has 0 atom stereocenters. The Morgan fingerprint density at radius 2 is 1.71 bits per heavy atom. The van der Waals surface area contributed by atoms with E-state index in [-0.39, 0.29) is 0 Å². The summed E-state index contributed by atoms with van der Waals surface area (Å²) < 4.78 is 0. The topological polar surface area (TPSA) is 41.3 Å². The van der Waals surface area contributed by atoms with Crippen LogP contribution in [-0.4, -0.2) is 20.1 Å². The van der Waals surface area contributed by atoms with Crippen molar-refractivity contribution in [2.45, 2.75) is 6.42 Å². The van der Waals surface area contributed by atoms with Crippen LogP contribution in [0.3, 0.4) is 0 Å². The molecule has 0 fully saturated rings. The fraction of sp³-hybridized carbons (Fsp3) is 0.250. The standard InChI is InChI=1S/C16H19Cl2N3/c1-21(13-6-3-2-4-7-13)9-5-8-20-16-14(17)10-12(19)11-15(16)18/h2-4,6-7,10-11,20H,5,8-9,19H2,1H3. The zero-order valence-corrected chi connectivity index (χ0v) is 13.5. The third-order valence-corrected chi connectivity index (χ3v) is 3.83. The molecule has 0 spiro atoms. The van der Waals surface area contributed by atoms with Gasteiger partial charge >= 0.3 is 0 Å². The average Bonchev–Trinajstić information content (AvgIpc) is 2.46. The maximum absolute atomic E-state index is 6.13. The summed E-state index contributed by atoms with van der Waals surface area (Å²) in [5.41, 5.74) is 8.21. The lowest BCUT2D eigenvalue weighted by atomic mass is 10.2. The van der Waals surface area contributed by atoms with Gasteiger partial charge in [-0.05, 0) is 30.7 Å². The van der Waals surface area contributed by atoms with Gasteiger partial charge in [0.15, 0.2) is 0 Å². The minimum Gasteiger partial charge on any atom is -0.399 e. The molecule has 0 saturated carbocycles. The number of anilines is 3. The zero-order chi connectivity index (χ0) is 15.2. The first-order valence-electron chi connectivity index (χ1n) is 6.82. The van der Waals surface area contributed by atoms with Crippen LogP contribution in [0.5, 0.6) is 0 Å². The summed E-state index contributed by atoms with van der Waals surface area (Å²) in [7, 11) is 2.08. The lowest BCUT2D eigenvalue weighted by molar-refractivity contribution is 0.816. The Morgan fingerprint density at radius 3 is 2.33 bits per heavy atom. The number of nitrogens with two attached hydrogens (primary N) is 1. The van der Waals surface area contributed by atoms with Crippen LogP contribution in [0.1, 0.15) is 6.42 Å². The normalized spacial score (nSPS) is 10.4. The van der Waals surface area contributed by atoms with Crippen molar-refractivity contribution < 1.29 is 0 Å². The van der Waals surface area contributed by atoms with Crippen molar-refractivity contribution in [3.05, 3.63) is 52.5 Å². The first kappa shape index (κ1) is 15.8. The lowest BCUT2D eigenvalue weighted by Gasteiger charge is -2.19. The first-order valence-corrected chi connectivity index (χ1v) is 7.58. The van der Waals surface area contributed by atoms with Gasteiger partial charge in [-0.1, -0.05) is 41.4 Å². The Balaban J connectivity index is 1.83. The van der Waals surface area contributed by atoms with Gasteiger partial charge in [0.2, 0.25) is 0 Å². The average molecular weight is 324 g/mol. The number of hydrogen-bond donors (Lipinski definition) is 2. The van der Waals surface area contributed by atoms with Crippen LogP contribution in [0.4, 0.5) is 17.1 Å². The number of benzene rings is 2. The number of nitrogens with one attached hydrogen (secondary N) is 1. The van der Waals surface area contributed by atoms with E-state index in [2.05, 4.69) is 29.4 Å². The third kappa shape index (κ3) is 4.45. The van der Waals surface area contributed by atoms with Gasteiger partial charge in [-0.2, -0.15) is 0 Å². The minimum absolute atomic E-state index is 0.552. The maximum atomic E-state index is 6.13. The van der Waals surface area contributed by atoms with Gasteiger partial charge in [0, 0.05) is 31.5 Å². The second-order valence-electron chi connectivity index (χ2n) is 4.90. The number of para-hydroxylation sites is 1. The molecule has 2 aromatic rings. The Kier molecular flexibility index (Phi) is 5.59. The highest BCUT2D eigenvalue weighted by Gasteiger charge is 2.07. The van der Waals surface area contributed by atoms with Crippen molar-refractivity contribution in [2.75, 3.05) is 36.1 Å². The molecular formula is C16H19Cl2N3. The van der Waals surface area contributed by atoms with E-state index >= 15 is 0 Å². The highest BCUT2D eigenvalue weighted by molar-refractivity contribution is 6.39. The molecule has 0 radical (unpaired) electrons. The molecule has 0 aliphatic rings. The van der Waals surface area contributed by atoms with E-state index in [1.165, 1.54) is 5.69 Å². The van der Waals surface area contributed by atoms with E-state index in [1.807, 2.05) is 18.2 Å². The number of rotatable bonds is 6. The molecule has 0 unspecified atom stereocenters. The second-order valence-corrected chi connectivity index (χ2v) is 5.71. The quantitative estimate of drug-likeness (QED) is 0.606. The monoisotopic (exact) mass is 323 g/mol. The van der Waals surface area contributed by atoms with Crippen LogP contribution < -0.4 is 16.0 Å². The summed E-state index contributed by atoms with van der Waals surface area (Å²) in [6.45, 7) is 1.74. The van der Waals surface area contributed by atoms with E-state index in [9.17, 15) is 0 Å². The van der Waals surface area contributed by atoms with Gasteiger partial charge < -0.3 is 16.0 Å². The Morgan fingerprint density at radius 1 is 1.10 bits per heavy atom. The van der Waals surface area contributed by atoms with Crippen molar-refractivity contribution in [2.24, 2.45) is 0 Å². The molecule has 3 nitrogen and oxygen atoms in total. The first-order chi connectivity index (χ1) is 10.1. The predicted octanol–water partition coefficient (Wildman–Crippen LogP) is 4.51. The molecular weight excluding hydrogens is 305 g/mol. The maximum Gasteiger partial charge on any atom is 0.0720 e. The van der Waals surface area contributed by atoms with Crippen molar-refractivity contribution in [3.8, 4) is 0 Å². The Hall–Kier alpha value is -1.58. The number of nitrogen functional groups attached to an aromatic ring is 1. The summed E-state index contributed by atoms with van der Waals surface area (Å²) >= 11 is 12.3. The summed E-state index contributed by atoms with van der Waals surface area (Å²) in [5.74, 6) is 0. The number of hydrogen-bond acceptors (Lipinski definition) is 3. The highest BCUT2D eigenvalue weighted by Crippen LogP contribution is 2.32. The van der Waals surface area contributed by atoms with Crippen molar-refractivity contribution in [3.63, 3.8) is 0 Å². The summed E-state index contributed by atoms with van der Waals surface area (Å²) in [6.07, 6.45) is 0.975. The fourth-order valence-corrected chi connectivity index (χ4v) is 2.74. The van der Waals surface area contributed by atoms with Crippen LogP contribution in [0.15, 0.2) is 42.5 Å². The molecule has 0 heterocycles. The van der Waals surface area contributed by atoms with E-state index in [0.29, 0.717) is 15.7 Å². The molecule has 0 aromatic heterocycles. The highest BCUT2D eigenvalue weighted by atomic mass is 35.5. The largest absolute Gasteiger partial charge is 0.399 e. The SMILES string of the molecule is CN(CCCNc1c(Cl)cc(N)cc1Cl)c1ccccc1. The lowest BCUT2D eigenvalue weighted by Crippen LogP contribution is -2.20. The van der Waals surface area contributed by atoms with Gasteiger partial charge in [-0.3, -0.25) is 0 Å². The van der Waals surface area contributed by atoms with E-state index < -0.39 is 0 Å². The van der Waals surface area contributed by atoms with E-state index in [0.717, 1.165) is 25.2 Å². The van der Waals surface area contributed by atoms with Gasteiger partial charge in [0.05, 0.1) is 15.7 Å². The molecule has 2 rings (SSSR count). The van der Waals surface area contributed by atoms with Crippen LogP contribution in [0.25, 0.3) is 0 Å². The van der Waals surface area contributed by atoms with E-state index in [1.54, 1.807) is 12.1 Å². The molecule has 0 saturated heterocycles. The molecule has 3 N–H and O–H groups in total. The van der Waals surface area contributed by atoms with Gasteiger partial charge in [0.1, 0.15) is 0 Å². The smallest absolute Gasteiger partial charge is 0.0720 e. The van der Waals surface area contributed by atoms with Crippen LogP contribution >= 0.6 is 23.2 Å². The molecule has 2 aromatic carbocycles. The molecule has 0 bridgehead atoms. The minimum atomic E-state index is 0.552. The third-order valence-electron chi connectivity index (χ3n) is 3.23. The summed E-state index contributed by atoms with van der Waals surface area (Å²) in [6, 6.07) is 13.7. The van der Waals surface area contributed by atoms with Crippen LogP contribution in [-0.2, 0) is 0 Å². The zero-order valence-electron chi connectivity index (χ0n) is 11.9. The number of halogens is 2.